The first-order valence-corrected chi connectivity index (χ1v) is 5.71. The smallest absolute Gasteiger partial charge is 0.126 e. The summed E-state index contributed by atoms with van der Waals surface area (Å²) in [4.78, 5) is 10.5. The molecule has 1 rings (SSSR count). The van der Waals surface area contributed by atoms with Crippen LogP contribution in [-0.4, -0.2) is 6.29 Å². The Morgan fingerprint density at radius 3 is 2.50 bits per heavy atom. The Morgan fingerprint density at radius 1 is 1.38 bits per heavy atom. The Labute approximate surface area is 96.7 Å². The molecule has 0 aliphatic heterocycles. The van der Waals surface area contributed by atoms with Crippen molar-refractivity contribution in [3.8, 4) is 0 Å². The maximum absolute atomic E-state index is 13.8. The van der Waals surface area contributed by atoms with Crippen LogP contribution in [0.3, 0.4) is 0 Å². The van der Waals surface area contributed by atoms with E-state index in [1.807, 2.05) is 19.1 Å². The normalized spacial score (nSPS) is 14.8. The zero-order valence-corrected chi connectivity index (χ0v) is 10.2. The highest BCUT2D eigenvalue weighted by Crippen LogP contribution is 2.37. The van der Waals surface area contributed by atoms with E-state index in [0.717, 1.165) is 6.29 Å². The van der Waals surface area contributed by atoms with Crippen molar-refractivity contribution in [2.75, 3.05) is 0 Å². The van der Waals surface area contributed by atoms with Gasteiger partial charge in [-0.05, 0) is 29.4 Å². The molecule has 1 aromatic rings. The second-order valence-corrected chi connectivity index (χ2v) is 4.76. The molecule has 16 heavy (non-hydrogen) atoms. The van der Waals surface area contributed by atoms with Crippen LogP contribution in [0, 0.1) is 11.7 Å². The third-order valence-electron chi connectivity index (χ3n) is 3.54. The Morgan fingerprint density at radius 2 is 2.00 bits per heavy atom. The molecule has 1 aromatic carbocycles. The standard InChI is InChI=1S/C14H19FO/c1-11(2)14(3,9-6-10-16)12-7-4-5-8-13(12)15/h4-5,7-8,10-11H,6,9H2,1-3H3. The summed E-state index contributed by atoms with van der Waals surface area (Å²) in [6, 6.07) is 6.84. The molecule has 1 nitrogen and oxygen atoms in total. The van der Waals surface area contributed by atoms with Crippen LogP contribution in [0.2, 0.25) is 0 Å². The van der Waals surface area contributed by atoms with E-state index >= 15 is 0 Å². The lowest BCUT2D eigenvalue weighted by molar-refractivity contribution is -0.108. The highest BCUT2D eigenvalue weighted by Gasteiger charge is 2.32. The van der Waals surface area contributed by atoms with Crippen LogP contribution in [0.15, 0.2) is 24.3 Å². The van der Waals surface area contributed by atoms with E-state index in [1.54, 1.807) is 6.07 Å². The van der Waals surface area contributed by atoms with E-state index in [-0.39, 0.29) is 11.2 Å². The molecule has 0 aliphatic rings. The van der Waals surface area contributed by atoms with Crippen LogP contribution in [0.25, 0.3) is 0 Å². The van der Waals surface area contributed by atoms with Gasteiger partial charge >= 0.3 is 0 Å². The lowest BCUT2D eigenvalue weighted by atomic mass is 9.70. The van der Waals surface area contributed by atoms with Gasteiger partial charge in [0.25, 0.3) is 0 Å². The second-order valence-electron chi connectivity index (χ2n) is 4.76. The molecular formula is C14H19FO. The number of aldehydes is 1. The third-order valence-corrected chi connectivity index (χ3v) is 3.54. The van der Waals surface area contributed by atoms with Crippen molar-refractivity contribution >= 4 is 6.29 Å². The molecule has 0 spiro atoms. The van der Waals surface area contributed by atoms with E-state index in [9.17, 15) is 9.18 Å². The third kappa shape index (κ3) is 2.49. The molecule has 2 heteroatoms. The summed E-state index contributed by atoms with van der Waals surface area (Å²) in [7, 11) is 0. The fourth-order valence-electron chi connectivity index (χ4n) is 2.02. The van der Waals surface area contributed by atoms with Crippen molar-refractivity contribution in [2.24, 2.45) is 5.92 Å². The minimum atomic E-state index is -0.272. The van der Waals surface area contributed by atoms with Crippen LogP contribution < -0.4 is 0 Å². The number of carbonyl (C=O) groups excluding carboxylic acids is 1. The summed E-state index contributed by atoms with van der Waals surface area (Å²) >= 11 is 0. The Bertz CT molecular complexity index is 360. The fourth-order valence-corrected chi connectivity index (χ4v) is 2.02. The largest absolute Gasteiger partial charge is 0.303 e. The highest BCUT2D eigenvalue weighted by molar-refractivity contribution is 5.49. The Kier molecular flexibility index (Phi) is 4.22. The van der Waals surface area contributed by atoms with Gasteiger partial charge < -0.3 is 4.79 Å². The van der Waals surface area contributed by atoms with Gasteiger partial charge in [-0.15, -0.1) is 0 Å². The number of hydrogen-bond donors (Lipinski definition) is 0. The maximum Gasteiger partial charge on any atom is 0.126 e. The first-order valence-electron chi connectivity index (χ1n) is 5.71. The molecule has 0 heterocycles. The summed E-state index contributed by atoms with van der Waals surface area (Å²) in [6.07, 6.45) is 2.07. The molecule has 0 fully saturated rings. The van der Waals surface area contributed by atoms with Crippen LogP contribution in [0.4, 0.5) is 4.39 Å². The van der Waals surface area contributed by atoms with Gasteiger partial charge in [-0.2, -0.15) is 0 Å². The predicted octanol–water partition coefficient (Wildman–Crippen LogP) is 3.72. The van der Waals surface area contributed by atoms with Crippen LogP contribution in [0.1, 0.15) is 39.2 Å². The van der Waals surface area contributed by atoms with Crippen molar-refractivity contribution in [2.45, 2.75) is 39.0 Å². The van der Waals surface area contributed by atoms with Gasteiger partial charge in [0, 0.05) is 6.42 Å². The topological polar surface area (TPSA) is 17.1 Å². The Balaban J connectivity index is 3.11. The molecular weight excluding hydrogens is 203 g/mol. The predicted molar refractivity (Wildman–Crippen MR) is 63.9 cm³/mol. The van der Waals surface area contributed by atoms with Gasteiger partial charge in [-0.25, -0.2) is 4.39 Å². The zero-order valence-electron chi connectivity index (χ0n) is 10.2. The summed E-state index contributed by atoms with van der Waals surface area (Å²) in [5.41, 5.74) is 0.443. The lowest BCUT2D eigenvalue weighted by Crippen LogP contribution is -2.30. The molecule has 0 radical (unpaired) electrons. The van der Waals surface area contributed by atoms with E-state index in [2.05, 4.69) is 13.8 Å². The van der Waals surface area contributed by atoms with Crippen molar-refractivity contribution < 1.29 is 9.18 Å². The summed E-state index contributed by atoms with van der Waals surface area (Å²) in [6.45, 7) is 6.16. The van der Waals surface area contributed by atoms with Gasteiger partial charge in [0.2, 0.25) is 0 Å². The average Bonchev–Trinajstić information content (AvgIpc) is 2.26. The van der Waals surface area contributed by atoms with Crippen molar-refractivity contribution in [3.05, 3.63) is 35.6 Å². The summed E-state index contributed by atoms with van der Waals surface area (Å²) in [5, 5.41) is 0. The van der Waals surface area contributed by atoms with E-state index in [1.165, 1.54) is 6.07 Å². The number of carbonyl (C=O) groups is 1. The molecule has 0 bridgehead atoms. The first kappa shape index (κ1) is 12.9. The van der Waals surface area contributed by atoms with Gasteiger partial charge in [0.1, 0.15) is 12.1 Å². The van der Waals surface area contributed by atoms with E-state index in [4.69, 9.17) is 0 Å². The second kappa shape index (κ2) is 5.24. The lowest BCUT2D eigenvalue weighted by Gasteiger charge is -2.34. The summed E-state index contributed by atoms with van der Waals surface area (Å²) in [5.74, 6) is 0.119. The van der Waals surface area contributed by atoms with Crippen molar-refractivity contribution in [1.29, 1.82) is 0 Å². The van der Waals surface area contributed by atoms with Gasteiger partial charge in [0.05, 0.1) is 0 Å². The molecule has 88 valence electrons. The number of rotatable bonds is 5. The molecule has 1 unspecified atom stereocenters. The van der Waals surface area contributed by atoms with Crippen molar-refractivity contribution in [1.82, 2.24) is 0 Å². The maximum atomic E-state index is 13.8. The Hall–Kier alpha value is -1.18. The van der Waals surface area contributed by atoms with Gasteiger partial charge in [-0.3, -0.25) is 0 Å². The molecule has 0 aromatic heterocycles. The molecule has 1 atom stereocenters. The monoisotopic (exact) mass is 222 g/mol. The minimum Gasteiger partial charge on any atom is -0.303 e. The number of hydrogen-bond acceptors (Lipinski definition) is 1. The zero-order chi connectivity index (χ0) is 12.2. The molecule has 0 saturated heterocycles. The summed E-state index contributed by atoms with van der Waals surface area (Å²) < 4.78 is 13.8. The van der Waals surface area contributed by atoms with Gasteiger partial charge in [0.15, 0.2) is 0 Å². The van der Waals surface area contributed by atoms with Crippen LogP contribution in [-0.2, 0) is 10.2 Å². The van der Waals surface area contributed by atoms with Crippen molar-refractivity contribution in [3.63, 3.8) is 0 Å². The highest BCUT2D eigenvalue weighted by atomic mass is 19.1. The molecule has 0 saturated carbocycles. The quantitative estimate of drug-likeness (QED) is 0.694. The van der Waals surface area contributed by atoms with Gasteiger partial charge in [-0.1, -0.05) is 39.0 Å². The SMILES string of the molecule is CC(C)C(C)(CCC=O)c1ccccc1F. The molecule has 0 aliphatic carbocycles. The first-order chi connectivity index (χ1) is 7.52. The minimum absolute atomic E-state index is 0.176. The van der Waals surface area contributed by atoms with E-state index < -0.39 is 0 Å². The van der Waals surface area contributed by atoms with Crippen LogP contribution >= 0.6 is 0 Å². The fraction of sp³-hybridized carbons (Fsp3) is 0.500. The number of halogens is 1. The van der Waals surface area contributed by atoms with Crippen LogP contribution in [0.5, 0.6) is 0 Å². The average molecular weight is 222 g/mol. The molecule has 0 amide bonds. The van der Waals surface area contributed by atoms with E-state index in [0.29, 0.717) is 24.3 Å². The number of benzene rings is 1. The molecule has 0 N–H and O–H groups in total.